The molecule has 7 rings (SSSR count). The lowest BCUT2D eigenvalue weighted by Gasteiger charge is -2.39. The number of piperazine rings is 1. The van der Waals surface area contributed by atoms with E-state index in [0.29, 0.717) is 75.6 Å². The largest absolute Gasteiger partial charge is 0.501 e. The van der Waals surface area contributed by atoms with Crippen LogP contribution in [0.25, 0.3) is 5.57 Å². The van der Waals surface area contributed by atoms with Crippen LogP contribution in [-0.4, -0.2) is 153 Å². The summed E-state index contributed by atoms with van der Waals surface area (Å²) in [6.45, 7) is 9.75. The minimum Gasteiger partial charge on any atom is -0.469 e. The number of unbranched alkanes of at least 4 members (excludes halogenated alkanes) is 6. The molecule has 76 heavy (non-hydrogen) atoms. The van der Waals surface area contributed by atoms with Gasteiger partial charge in [0.1, 0.15) is 4.90 Å². The van der Waals surface area contributed by atoms with Crippen LogP contribution in [0, 0.1) is 0 Å². The van der Waals surface area contributed by atoms with Crippen molar-refractivity contribution in [1.29, 1.82) is 0 Å². The molecular formula is C55H70ClF3N6O8S3. The molecule has 4 aromatic rings. The van der Waals surface area contributed by atoms with E-state index in [2.05, 4.69) is 37.0 Å². The van der Waals surface area contributed by atoms with Crippen molar-refractivity contribution in [2.24, 2.45) is 0 Å². The SMILES string of the molecule is COC(=O)CCCCCCCCCN1CCC(c2ccc(Cl)cc2)=C(CN2CCN(c3ccc(C(=O)NS(=O)(=O)c4ccc(N[C@H](CCN5CCOCC5)CSc5ccccc5)c(S(=O)(=O)C(F)(F)F)c4)cc3)CC2)C1. The van der Waals surface area contributed by atoms with Crippen LogP contribution in [0.5, 0.6) is 0 Å². The summed E-state index contributed by atoms with van der Waals surface area (Å²) in [6, 6.07) is 25.8. The fourth-order valence-electron chi connectivity index (χ4n) is 9.75. The predicted octanol–water partition coefficient (Wildman–Crippen LogP) is 9.62. The maximum absolute atomic E-state index is 14.3. The molecule has 0 aromatic heterocycles. The van der Waals surface area contributed by atoms with Gasteiger partial charge in [0, 0.05) is 105 Å². The minimum atomic E-state index is -6.07. The van der Waals surface area contributed by atoms with Gasteiger partial charge in [-0.3, -0.25) is 24.3 Å². The van der Waals surface area contributed by atoms with Crippen LogP contribution in [-0.2, 0) is 34.1 Å². The van der Waals surface area contributed by atoms with Gasteiger partial charge in [-0.05, 0) is 116 Å². The topological polar surface area (TPSA) is 158 Å². The number of halogens is 4. The molecule has 0 unspecified atom stereocenters. The molecule has 2 N–H and O–H groups in total. The fourth-order valence-corrected chi connectivity index (χ4v) is 12.9. The second kappa shape index (κ2) is 28.3. The first kappa shape index (κ1) is 59.0. The second-order valence-corrected chi connectivity index (χ2v) is 24.6. The standard InChI is InChI=1S/C55H70ClF3N6O8S3/c1-72-53(66)14-10-5-3-2-4-6-11-27-63-29-26-50(42-15-19-45(56)20-16-42)44(39-63)40-64-30-32-65(33-31-64)47-21-17-43(18-22-47)54(67)61-76(70,71)49-23-24-51(52(38-49)75(68,69)55(57,58)59)60-46(25-28-62-34-36-73-37-35-62)41-74-48-12-8-7-9-13-48/h7-9,12-13,15-24,38,46,60H,2-6,10-11,14,25-37,39-41H2,1H3,(H,61,67)/t46-/m1/s1. The highest BCUT2D eigenvalue weighted by molar-refractivity contribution is 7.99. The lowest BCUT2D eigenvalue weighted by molar-refractivity contribution is -0.140. The molecule has 414 valence electrons. The Bertz CT molecular complexity index is 2780. The molecule has 0 bridgehead atoms. The number of morpholine rings is 1. The Hall–Kier alpha value is -4.67. The number of ether oxygens (including phenoxy) is 2. The van der Waals surface area contributed by atoms with E-state index >= 15 is 0 Å². The molecule has 0 aliphatic carbocycles. The van der Waals surface area contributed by atoms with E-state index in [4.69, 9.17) is 21.1 Å². The lowest BCUT2D eigenvalue weighted by atomic mass is 9.92. The summed E-state index contributed by atoms with van der Waals surface area (Å²) in [5.41, 5.74) is -1.37. The summed E-state index contributed by atoms with van der Waals surface area (Å²) in [6.07, 6.45) is 9.59. The molecule has 3 heterocycles. The Kier molecular flexibility index (Phi) is 22.0. The second-order valence-electron chi connectivity index (χ2n) is 19.5. The number of hydrogen-bond donors (Lipinski definition) is 2. The number of amides is 1. The van der Waals surface area contributed by atoms with E-state index in [0.717, 1.165) is 94.1 Å². The zero-order valence-corrected chi connectivity index (χ0v) is 46.3. The number of alkyl halides is 3. The summed E-state index contributed by atoms with van der Waals surface area (Å²) in [5.74, 6) is -0.813. The highest BCUT2D eigenvalue weighted by Gasteiger charge is 2.48. The Morgan fingerprint density at radius 2 is 1.43 bits per heavy atom. The fraction of sp³-hybridized carbons (Fsp3) is 0.491. The van der Waals surface area contributed by atoms with Gasteiger partial charge >= 0.3 is 11.5 Å². The van der Waals surface area contributed by atoms with Gasteiger partial charge in [0.25, 0.3) is 25.8 Å². The lowest BCUT2D eigenvalue weighted by Crippen LogP contribution is -2.48. The number of esters is 1. The molecule has 1 amide bonds. The molecule has 3 aliphatic rings. The Labute approximate surface area is 455 Å². The summed E-state index contributed by atoms with van der Waals surface area (Å²) >= 11 is 7.72. The van der Waals surface area contributed by atoms with Gasteiger partial charge in [0.05, 0.1) is 30.9 Å². The van der Waals surface area contributed by atoms with Crippen molar-refractivity contribution in [2.45, 2.75) is 90.4 Å². The van der Waals surface area contributed by atoms with Crippen LogP contribution in [0.4, 0.5) is 24.5 Å². The van der Waals surface area contributed by atoms with Crippen LogP contribution < -0.4 is 14.9 Å². The van der Waals surface area contributed by atoms with Gasteiger partial charge < -0.3 is 19.7 Å². The van der Waals surface area contributed by atoms with E-state index in [1.165, 1.54) is 67.0 Å². The minimum absolute atomic E-state index is 0.0117. The first-order chi connectivity index (χ1) is 36.5. The number of sulfonamides is 1. The third-order valence-electron chi connectivity index (χ3n) is 14.1. The number of carbonyl (C=O) groups excluding carboxylic acids is 2. The van der Waals surface area contributed by atoms with Gasteiger partial charge in [-0.1, -0.05) is 74.0 Å². The van der Waals surface area contributed by atoms with Gasteiger partial charge in [-0.25, -0.2) is 21.6 Å². The molecule has 3 aliphatic heterocycles. The van der Waals surface area contributed by atoms with E-state index in [-0.39, 0.29) is 11.5 Å². The molecule has 0 spiro atoms. The molecule has 2 fully saturated rings. The van der Waals surface area contributed by atoms with Crippen molar-refractivity contribution in [3.63, 3.8) is 0 Å². The average molecular weight is 1130 g/mol. The molecule has 21 heteroatoms. The molecule has 14 nitrogen and oxygen atoms in total. The average Bonchev–Trinajstić information content (AvgIpc) is 3.43. The summed E-state index contributed by atoms with van der Waals surface area (Å²) in [4.78, 5) is 33.0. The zero-order valence-electron chi connectivity index (χ0n) is 43.1. The van der Waals surface area contributed by atoms with Crippen LogP contribution in [0.1, 0.15) is 80.1 Å². The number of nitrogens with one attached hydrogen (secondary N) is 2. The maximum Gasteiger partial charge on any atom is 0.501 e. The first-order valence-corrected chi connectivity index (χ1v) is 30.4. The zero-order chi connectivity index (χ0) is 54.1. The highest BCUT2D eigenvalue weighted by atomic mass is 35.5. The quantitative estimate of drug-likeness (QED) is 0.0348. The van der Waals surface area contributed by atoms with Crippen molar-refractivity contribution in [2.75, 3.05) is 108 Å². The number of methoxy groups -OCH3 is 1. The summed E-state index contributed by atoms with van der Waals surface area (Å²) in [5, 5.41) is 3.70. The normalized spacial score (nSPS) is 16.9. The van der Waals surface area contributed by atoms with Crippen molar-refractivity contribution < 1.29 is 49.1 Å². The van der Waals surface area contributed by atoms with E-state index in [1.807, 2.05) is 47.2 Å². The third-order valence-corrected chi connectivity index (χ3v) is 18.4. The van der Waals surface area contributed by atoms with Gasteiger partial charge in [-0.15, -0.1) is 11.8 Å². The monoisotopic (exact) mass is 1130 g/mol. The maximum atomic E-state index is 14.3. The van der Waals surface area contributed by atoms with Crippen LogP contribution in [0.3, 0.4) is 0 Å². The Balaban J connectivity index is 0.953. The van der Waals surface area contributed by atoms with Crippen LogP contribution >= 0.6 is 23.4 Å². The van der Waals surface area contributed by atoms with Crippen molar-refractivity contribution in [1.82, 2.24) is 19.4 Å². The molecule has 1 atom stereocenters. The van der Waals surface area contributed by atoms with E-state index in [1.54, 1.807) is 12.1 Å². The molecule has 0 saturated carbocycles. The summed E-state index contributed by atoms with van der Waals surface area (Å²) in [7, 11) is -9.51. The van der Waals surface area contributed by atoms with Gasteiger partial charge in [0.2, 0.25) is 0 Å². The van der Waals surface area contributed by atoms with Crippen molar-refractivity contribution >= 4 is 72.0 Å². The number of benzene rings is 4. The highest BCUT2D eigenvalue weighted by Crippen LogP contribution is 2.37. The number of hydrogen-bond acceptors (Lipinski definition) is 14. The molecular weight excluding hydrogens is 1060 g/mol. The summed E-state index contributed by atoms with van der Waals surface area (Å²) < 4.78 is 108. The van der Waals surface area contributed by atoms with Crippen molar-refractivity contribution in [3.8, 4) is 0 Å². The number of thioether (sulfide) groups is 1. The number of nitrogens with zero attached hydrogens (tertiary/aromatic N) is 4. The molecule has 4 aromatic carbocycles. The molecule has 0 radical (unpaired) electrons. The smallest absolute Gasteiger partial charge is 0.469 e. The Morgan fingerprint density at radius 3 is 2.11 bits per heavy atom. The Morgan fingerprint density at radius 1 is 0.763 bits per heavy atom. The number of sulfone groups is 1. The van der Waals surface area contributed by atoms with Crippen LogP contribution in [0.15, 0.2) is 117 Å². The van der Waals surface area contributed by atoms with E-state index < -0.39 is 52.8 Å². The van der Waals surface area contributed by atoms with Crippen molar-refractivity contribution in [3.05, 3.63) is 119 Å². The molecule has 2 saturated heterocycles. The first-order valence-electron chi connectivity index (χ1n) is 26.1. The van der Waals surface area contributed by atoms with Gasteiger partial charge in [-0.2, -0.15) is 13.2 Å². The third kappa shape index (κ3) is 17.2. The van der Waals surface area contributed by atoms with Crippen LogP contribution in [0.2, 0.25) is 5.02 Å². The number of anilines is 2. The predicted molar refractivity (Wildman–Crippen MR) is 294 cm³/mol. The number of carbonyl (C=O) groups is 2. The number of rotatable bonds is 26. The van der Waals surface area contributed by atoms with Gasteiger partial charge in [0.15, 0.2) is 0 Å². The van der Waals surface area contributed by atoms with E-state index in [9.17, 15) is 39.6 Å².